The lowest BCUT2D eigenvalue weighted by molar-refractivity contribution is 0.105. The second kappa shape index (κ2) is 6.37. The second-order valence-corrected chi connectivity index (χ2v) is 5.59. The van der Waals surface area contributed by atoms with E-state index in [9.17, 15) is 0 Å². The summed E-state index contributed by atoms with van der Waals surface area (Å²) in [7, 11) is 1.99. The van der Waals surface area contributed by atoms with Crippen LogP contribution in [0.2, 0.25) is 0 Å². The van der Waals surface area contributed by atoms with Crippen molar-refractivity contribution < 1.29 is 4.74 Å². The molecule has 0 saturated heterocycles. The van der Waals surface area contributed by atoms with E-state index in [0.29, 0.717) is 5.92 Å². The van der Waals surface area contributed by atoms with Crippen molar-refractivity contribution in [2.45, 2.75) is 25.9 Å². The molecule has 0 bridgehead atoms. The monoisotopic (exact) mass is 286 g/mol. The van der Waals surface area contributed by atoms with E-state index in [1.54, 1.807) is 0 Å². The van der Waals surface area contributed by atoms with Crippen LogP contribution in [0.4, 0.5) is 0 Å². The Balaban J connectivity index is 1.76. The molecule has 0 unspecified atom stereocenters. The lowest BCUT2D eigenvalue weighted by Gasteiger charge is -2.31. The van der Waals surface area contributed by atoms with Crippen LogP contribution in [0.15, 0.2) is 30.7 Å². The lowest BCUT2D eigenvalue weighted by atomic mass is 9.95. The third-order valence-electron chi connectivity index (χ3n) is 3.91. The first kappa shape index (κ1) is 14.2. The third kappa shape index (κ3) is 3.31. The summed E-state index contributed by atoms with van der Waals surface area (Å²) in [5.41, 5.74) is 3.82. The highest BCUT2D eigenvalue weighted by molar-refractivity contribution is 5.26. The second-order valence-electron chi connectivity index (χ2n) is 5.59. The molecule has 2 aromatic rings. The molecule has 1 aliphatic heterocycles. The van der Waals surface area contributed by atoms with Gasteiger partial charge in [-0.2, -0.15) is 5.10 Å². The minimum atomic E-state index is 0.407. The number of hydrogen-bond acceptors (Lipinski definition) is 4. The summed E-state index contributed by atoms with van der Waals surface area (Å²) in [6.45, 7) is 6.42. The van der Waals surface area contributed by atoms with Crippen LogP contribution in [-0.4, -0.2) is 39.4 Å². The maximum Gasteiger partial charge on any atom is 0.0800 e. The van der Waals surface area contributed by atoms with Gasteiger partial charge in [-0.25, -0.2) is 0 Å². The maximum atomic E-state index is 5.66. The molecule has 0 spiro atoms. The standard InChI is InChI=1S/C16H22N4O/c1-3-21-12-14-9-20(8-13-4-6-17-7-5-13)11-16-15(14)10-19(2)18-16/h4-7,10,14H,3,8-9,11-12H2,1-2H3/t14-/m0/s1. The molecular formula is C16H22N4O. The zero-order valence-corrected chi connectivity index (χ0v) is 12.7. The zero-order chi connectivity index (χ0) is 14.7. The van der Waals surface area contributed by atoms with Gasteiger partial charge in [0.25, 0.3) is 0 Å². The van der Waals surface area contributed by atoms with Crippen molar-refractivity contribution >= 4 is 0 Å². The Labute approximate surface area is 125 Å². The van der Waals surface area contributed by atoms with Crippen LogP contribution in [-0.2, 0) is 24.9 Å². The molecule has 1 aliphatic rings. The van der Waals surface area contributed by atoms with Crippen molar-refractivity contribution in [3.05, 3.63) is 47.5 Å². The van der Waals surface area contributed by atoms with Crippen molar-refractivity contribution in [2.24, 2.45) is 7.05 Å². The van der Waals surface area contributed by atoms with Crippen molar-refractivity contribution in [1.29, 1.82) is 0 Å². The average molecular weight is 286 g/mol. The minimum Gasteiger partial charge on any atom is -0.381 e. The maximum absolute atomic E-state index is 5.66. The Bertz CT molecular complexity index is 581. The third-order valence-corrected chi connectivity index (χ3v) is 3.91. The van der Waals surface area contributed by atoms with E-state index in [2.05, 4.69) is 33.3 Å². The number of rotatable bonds is 5. The average Bonchev–Trinajstić information content (AvgIpc) is 2.86. The van der Waals surface area contributed by atoms with Gasteiger partial charge in [-0.3, -0.25) is 14.6 Å². The molecule has 21 heavy (non-hydrogen) atoms. The first-order chi connectivity index (χ1) is 10.3. The van der Waals surface area contributed by atoms with Crippen LogP contribution >= 0.6 is 0 Å². The predicted octanol–water partition coefficient (Wildman–Crippen LogP) is 1.95. The molecule has 112 valence electrons. The summed E-state index contributed by atoms with van der Waals surface area (Å²) in [6, 6.07) is 4.15. The van der Waals surface area contributed by atoms with Crippen LogP contribution in [0.25, 0.3) is 0 Å². The molecule has 0 amide bonds. The SMILES string of the molecule is CCOC[C@@H]1CN(Cc2ccncc2)Cc2nn(C)cc21. The summed E-state index contributed by atoms with van der Waals surface area (Å²) in [4.78, 5) is 6.52. The molecule has 2 aromatic heterocycles. The van der Waals surface area contributed by atoms with Gasteiger partial charge in [0.2, 0.25) is 0 Å². The smallest absolute Gasteiger partial charge is 0.0800 e. The quantitative estimate of drug-likeness (QED) is 0.842. The number of hydrogen-bond donors (Lipinski definition) is 0. The summed E-state index contributed by atoms with van der Waals surface area (Å²) >= 11 is 0. The van der Waals surface area contributed by atoms with Crippen LogP contribution < -0.4 is 0 Å². The molecule has 0 fully saturated rings. The Morgan fingerprint density at radius 2 is 2.14 bits per heavy atom. The first-order valence-corrected chi connectivity index (χ1v) is 7.47. The van der Waals surface area contributed by atoms with Crippen LogP contribution in [0, 0.1) is 0 Å². The molecule has 0 radical (unpaired) electrons. The highest BCUT2D eigenvalue weighted by atomic mass is 16.5. The topological polar surface area (TPSA) is 43.2 Å². The molecule has 5 heteroatoms. The van der Waals surface area contributed by atoms with E-state index in [0.717, 1.165) is 32.8 Å². The van der Waals surface area contributed by atoms with Gasteiger partial charge in [0.1, 0.15) is 0 Å². The Hall–Kier alpha value is -1.72. The molecule has 0 aliphatic carbocycles. The summed E-state index contributed by atoms with van der Waals surface area (Å²) < 4.78 is 7.58. The highest BCUT2D eigenvalue weighted by Crippen LogP contribution is 2.28. The fraction of sp³-hybridized carbons (Fsp3) is 0.500. The molecule has 0 N–H and O–H groups in total. The Morgan fingerprint density at radius 1 is 1.33 bits per heavy atom. The van der Waals surface area contributed by atoms with E-state index in [-0.39, 0.29) is 0 Å². The summed E-state index contributed by atoms with van der Waals surface area (Å²) in [5.74, 6) is 0.407. The van der Waals surface area contributed by atoms with Gasteiger partial charge in [-0.05, 0) is 24.6 Å². The van der Waals surface area contributed by atoms with Gasteiger partial charge >= 0.3 is 0 Å². The lowest BCUT2D eigenvalue weighted by Crippen LogP contribution is -2.34. The van der Waals surface area contributed by atoms with Gasteiger partial charge in [0.05, 0.1) is 12.3 Å². The van der Waals surface area contributed by atoms with E-state index in [4.69, 9.17) is 4.74 Å². The minimum absolute atomic E-state index is 0.407. The predicted molar refractivity (Wildman–Crippen MR) is 80.8 cm³/mol. The van der Waals surface area contributed by atoms with Crippen molar-refractivity contribution in [2.75, 3.05) is 19.8 Å². The molecule has 0 aromatic carbocycles. The number of aromatic nitrogens is 3. The Kier molecular flexibility index (Phi) is 4.31. The molecule has 1 atom stereocenters. The highest BCUT2D eigenvalue weighted by Gasteiger charge is 2.28. The van der Waals surface area contributed by atoms with Gasteiger partial charge in [0.15, 0.2) is 0 Å². The number of nitrogens with zero attached hydrogens (tertiary/aromatic N) is 4. The van der Waals surface area contributed by atoms with Gasteiger partial charge in [-0.15, -0.1) is 0 Å². The van der Waals surface area contributed by atoms with Crippen LogP contribution in [0.5, 0.6) is 0 Å². The fourth-order valence-electron chi connectivity index (χ4n) is 2.97. The number of pyridine rings is 1. The van der Waals surface area contributed by atoms with E-state index < -0.39 is 0 Å². The molecular weight excluding hydrogens is 264 g/mol. The number of aryl methyl sites for hydroxylation is 1. The number of fused-ring (bicyclic) bond motifs is 1. The molecule has 3 rings (SSSR count). The Morgan fingerprint density at radius 3 is 2.90 bits per heavy atom. The van der Waals surface area contributed by atoms with Crippen LogP contribution in [0.1, 0.15) is 29.7 Å². The van der Waals surface area contributed by atoms with Gasteiger partial charge in [-0.1, -0.05) is 0 Å². The molecule has 5 nitrogen and oxygen atoms in total. The van der Waals surface area contributed by atoms with Crippen molar-refractivity contribution in [3.63, 3.8) is 0 Å². The van der Waals surface area contributed by atoms with E-state index >= 15 is 0 Å². The first-order valence-electron chi connectivity index (χ1n) is 7.47. The van der Waals surface area contributed by atoms with E-state index in [1.165, 1.54) is 16.8 Å². The zero-order valence-electron chi connectivity index (χ0n) is 12.7. The number of ether oxygens (including phenoxy) is 1. The van der Waals surface area contributed by atoms with Gasteiger partial charge in [0, 0.05) is 63.4 Å². The van der Waals surface area contributed by atoms with E-state index in [1.807, 2.05) is 31.0 Å². The largest absolute Gasteiger partial charge is 0.381 e. The van der Waals surface area contributed by atoms with Gasteiger partial charge < -0.3 is 4.74 Å². The van der Waals surface area contributed by atoms with Crippen molar-refractivity contribution in [3.8, 4) is 0 Å². The fourth-order valence-corrected chi connectivity index (χ4v) is 2.97. The normalized spacial score (nSPS) is 18.7. The molecule has 0 saturated carbocycles. The van der Waals surface area contributed by atoms with Crippen LogP contribution in [0.3, 0.4) is 0 Å². The molecule has 3 heterocycles. The summed E-state index contributed by atoms with van der Waals surface area (Å²) in [5, 5.41) is 4.61. The summed E-state index contributed by atoms with van der Waals surface area (Å²) in [6.07, 6.45) is 5.84. The van der Waals surface area contributed by atoms with Crippen molar-refractivity contribution in [1.82, 2.24) is 19.7 Å².